The van der Waals surface area contributed by atoms with Gasteiger partial charge < -0.3 is 15.2 Å². The van der Waals surface area contributed by atoms with Gasteiger partial charge in [0.05, 0.1) is 6.20 Å². The van der Waals surface area contributed by atoms with Crippen molar-refractivity contribution in [2.24, 2.45) is 0 Å². The summed E-state index contributed by atoms with van der Waals surface area (Å²) in [7, 11) is 0. The number of amides is 1. The normalized spacial score (nSPS) is 17.6. The molecule has 3 aromatic rings. The molecule has 4 heterocycles. The maximum Gasteiger partial charge on any atom is 0.290 e. The lowest BCUT2D eigenvalue weighted by atomic mass is 10.1. The van der Waals surface area contributed by atoms with Gasteiger partial charge in [0.2, 0.25) is 0 Å². The third-order valence-corrected chi connectivity index (χ3v) is 4.39. The second-order valence-corrected chi connectivity index (χ2v) is 6.07. The van der Waals surface area contributed by atoms with Crippen LogP contribution in [0.1, 0.15) is 23.3 Å². The molecule has 0 saturated carbocycles. The van der Waals surface area contributed by atoms with Crippen molar-refractivity contribution >= 4 is 17.4 Å². The van der Waals surface area contributed by atoms with Crippen LogP contribution in [-0.4, -0.2) is 44.4 Å². The van der Waals surface area contributed by atoms with Crippen LogP contribution in [0.2, 0.25) is 0 Å². The first-order valence-corrected chi connectivity index (χ1v) is 8.24. The maximum absolute atomic E-state index is 12.6. The molecular weight excluding hydrogens is 320 g/mol. The lowest BCUT2D eigenvalue weighted by Crippen LogP contribution is -2.49. The number of carbonyl (C=O) groups excluding carboxylic acids is 1. The van der Waals surface area contributed by atoms with Crippen molar-refractivity contribution in [3.8, 4) is 0 Å². The van der Waals surface area contributed by atoms with Crippen LogP contribution >= 0.6 is 0 Å². The van der Waals surface area contributed by atoms with Crippen molar-refractivity contribution in [2.45, 2.75) is 18.9 Å². The van der Waals surface area contributed by atoms with E-state index >= 15 is 0 Å². The number of nitrogens with zero attached hydrogens (tertiary/aromatic N) is 4. The van der Waals surface area contributed by atoms with Gasteiger partial charge in [-0.2, -0.15) is 0 Å². The number of carbonyl (C=O) groups is 1. The quantitative estimate of drug-likeness (QED) is 0.737. The summed E-state index contributed by atoms with van der Waals surface area (Å²) in [5.74, 6) is 0.233. The minimum absolute atomic E-state index is 0.0445. The van der Waals surface area contributed by atoms with E-state index in [9.17, 15) is 9.59 Å². The Bertz CT molecular complexity index is 963. The Kier molecular flexibility index (Phi) is 3.93. The predicted molar refractivity (Wildman–Crippen MR) is 92.8 cm³/mol. The van der Waals surface area contributed by atoms with Crippen LogP contribution in [0, 0.1) is 0 Å². The van der Waals surface area contributed by atoms with E-state index in [0.717, 1.165) is 25.0 Å². The van der Waals surface area contributed by atoms with E-state index in [1.54, 1.807) is 16.8 Å². The van der Waals surface area contributed by atoms with E-state index in [0.29, 0.717) is 18.1 Å². The molecule has 0 aromatic carbocycles. The minimum Gasteiger partial charge on any atom is -0.350 e. The lowest BCUT2D eigenvalue weighted by Gasteiger charge is -2.33. The second kappa shape index (κ2) is 6.39. The molecule has 0 radical (unpaired) electrons. The lowest BCUT2D eigenvalue weighted by molar-refractivity contribution is 0.0927. The number of hydrogen-bond donors (Lipinski definition) is 2. The van der Waals surface area contributed by atoms with E-state index in [-0.39, 0.29) is 17.5 Å². The largest absolute Gasteiger partial charge is 0.350 e. The van der Waals surface area contributed by atoms with Crippen LogP contribution < -0.4 is 15.8 Å². The summed E-state index contributed by atoms with van der Waals surface area (Å²) in [5.41, 5.74) is 1.03. The van der Waals surface area contributed by atoms with Crippen molar-refractivity contribution in [2.75, 3.05) is 18.0 Å². The highest BCUT2D eigenvalue weighted by atomic mass is 16.2. The topological polar surface area (TPSA) is 95.4 Å². The number of rotatable bonds is 3. The number of pyridine rings is 1. The molecule has 8 heteroatoms. The van der Waals surface area contributed by atoms with Crippen LogP contribution in [0.3, 0.4) is 0 Å². The fraction of sp³-hybridized carbons (Fsp3) is 0.294. The highest BCUT2D eigenvalue weighted by molar-refractivity contribution is 5.93. The first-order chi connectivity index (χ1) is 12.2. The van der Waals surface area contributed by atoms with Crippen molar-refractivity contribution in [1.82, 2.24) is 24.7 Å². The zero-order valence-corrected chi connectivity index (χ0v) is 13.6. The Hall–Kier alpha value is -3.16. The molecule has 1 aliphatic rings. The fourth-order valence-electron chi connectivity index (χ4n) is 3.22. The van der Waals surface area contributed by atoms with Crippen molar-refractivity contribution in [3.63, 3.8) is 0 Å². The first-order valence-electron chi connectivity index (χ1n) is 8.24. The summed E-state index contributed by atoms with van der Waals surface area (Å²) in [4.78, 5) is 37.5. The average Bonchev–Trinajstić information content (AvgIpc) is 3.06. The molecule has 0 spiro atoms. The van der Waals surface area contributed by atoms with E-state index in [4.69, 9.17) is 0 Å². The second-order valence-electron chi connectivity index (χ2n) is 6.07. The molecule has 1 atom stereocenters. The van der Waals surface area contributed by atoms with Crippen LogP contribution in [0.25, 0.3) is 5.65 Å². The van der Waals surface area contributed by atoms with E-state index in [2.05, 4.69) is 20.3 Å². The Labute approximate surface area is 143 Å². The maximum atomic E-state index is 12.6. The van der Waals surface area contributed by atoms with Gasteiger partial charge >= 0.3 is 0 Å². The molecule has 1 saturated heterocycles. The Morgan fingerprint density at radius 1 is 1.32 bits per heavy atom. The van der Waals surface area contributed by atoms with Crippen molar-refractivity contribution in [3.05, 3.63) is 59.0 Å². The number of anilines is 1. The Morgan fingerprint density at radius 2 is 2.24 bits per heavy atom. The Morgan fingerprint density at radius 3 is 3.12 bits per heavy atom. The molecular formula is C17H18N6O2. The van der Waals surface area contributed by atoms with Gasteiger partial charge in [0.15, 0.2) is 5.82 Å². The molecule has 2 N–H and O–H groups in total. The van der Waals surface area contributed by atoms with Gasteiger partial charge in [0.1, 0.15) is 11.3 Å². The third kappa shape index (κ3) is 2.98. The molecule has 1 fully saturated rings. The van der Waals surface area contributed by atoms with Gasteiger partial charge in [-0.1, -0.05) is 6.07 Å². The van der Waals surface area contributed by atoms with E-state index in [1.165, 1.54) is 6.20 Å². The van der Waals surface area contributed by atoms with E-state index in [1.807, 2.05) is 29.3 Å². The molecule has 0 aliphatic carbocycles. The van der Waals surface area contributed by atoms with Crippen molar-refractivity contribution < 1.29 is 4.79 Å². The Balaban J connectivity index is 1.50. The van der Waals surface area contributed by atoms with Gasteiger partial charge in [-0.15, -0.1) is 0 Å². The zero-order valence-electron chi connectivity index (χ0n) is 13.6. The number of piperidine rings is 1. The highest BCUT2D eigenvalue weighted by Gasteiger charge is 2.25. The van der Waals surface area contributed by atoms with Gasteiger partial charge in [0.25, 0.3) is 11.5 Å². The molecule has 1 aliphatic heterocycles. The summed E-state index contributed by atoms with van der Waals surface area (Å²) in [6.07, 6.45) is 8.22. The molecule has 4 rings (SSSR count). The number of imidazole rings is 1. The smallest absolute Gasteiger partial charge is 0.290 e. The van der Waals surface area contributed by atoms with Crippen LogP contribution in [0.5, 0.6) is 0 Å². The SMILES string of the molecule is O=C(N[C@@H]1CCCN(c2ncc[nH]c2=O)C1)c1cnc2ccccn12. The van der Waals surface area contributed by atoms with Gasteiger partial charge in [0, 0.05) is 37.7 Å². The average molecular weight is 338 g/mol. The third-order valence-electron chi connectivity index (χ3n) is 4.39. The monoisotopic (exact) mass is 338 g/mol. The molecule has 3 aromatic heterocycles. The predicted octanol–water partition coefficient (Wildman–Crippen LogP) is 0.816. The minimum atomic E-state index is -0.212. The zero-order chi connectivity index (χ0) is 17.2. The van der Waals surface area contributed by atoms with Crippen LogP contribution in [0.15, 0.2) is 47.8 Å². The summed E-state index contributed by atoms with van der Waals surface area (Å²) in [6, 6.07) is 5.55. The summed E-state index contributed by atoms with van der Waals surface area (Å²) >= 11 is 0. The summed E-state index contributed by atoms with van der Waals surface area (Å²) in [5, 5.41) is 3.05. The van der Waals surface area contributed by atoms with Gasteiger partial charge in [-0.05, 0) is 25.0 Å². The van der Waals surface area contributed by atoms with Gasteiger partial charge in [-0.25, -0.2) is 9.97 Å². The summed E-state index contributed by atoms with van der Waals surface area (Å²) < 4.78 is 1.76. The number of fused-ring (bicyclic) bond motifs is 1. The molecule has 0 bridgehead atoms. The molecule has 25 heavy (non-hydrogen) atoms. The molecule has 8 nitrogen and oxygen atoms in total. The van der Waals surface area contributed by atoms with Crippen molar-refractivity contribution in [1.29, 1.82) is 0 Å². The molecule has 1 amide bonds. The summed E-state index contributed by atoms with van der Waals surface area (Å²) in [6.45, 7) is 1.31. The van der Waals surface area contributed by atoms with Gasteiger partial charge in [-0.3, -0.25) is 14.0 Å². The number of nitrogens with one attached hydrogen (secondary N) is 2. The van der Waals surface area contributed by atoms with Crippen LogP contribution in [0.4, 0.5) is 5.82 Å². The first kappa shape index (κ1) is 15.4. The molecule has 0 unspecified atom stereocenters. The standard InChI is InChI=1S/C17H18N6O2/c24-16(13-10-20-14-5-1-2-9-23(13)14)21-12-4-3-8-22(11-12)15-17(25)19-7-6-18-15/h1-2,5-7,9-10,12H,3-4,8,11H2,(H,19,25)(H,21,24)/t12-/m1/s1. The fourth-order valence-corrected chi connectivity index (χ4v) is 3.22. The number of aromatic amines is 1. The number of aromatic nitrogens is 4. The highest BCUT2D eigenvalue weighted by Crippen LogP contribution is 2.15. The van der Waals surface area contributed by atoms with E-state index < -0.39 is 0 Å². The number of H-pyrrole nitrogens is 1. The molecule has 128 valence electrons. The number of hydrogen-bond acceptors (Lipinski definition) is 5. The van der Waals surface area contributed by atoms with Crippen LogP contribution in [-0.2, 0) is 0 Å².